The average Bonchev–Trinajstić information content (AvgIpc) is 2.94. The molecule has 1 saturated heterocycles. The summed E-state index contributed by atoms with van der Waals surface area (Å²) in [6.07, 6.45) is 1.34. The standard InChI is InChI=1S/C13H21N5O2/c1-18(2)8-7-14-11-5-6-12(17-16-11)15-13(19)10-4-3-9-20-10/h5-6,10H,3-4,7-9H2,1-2H3,(H,14,16)(H,15,17,19). The highest BCUT2D eigenvalue weighted by atomic mass is 16.5. The van der Waals surface area contributed by atoms with Crippen molar-refractivity contribution in [3.05, 3.63) is 12.1 Å². The zero-order valence-electron chi connectivity index (χ0n) is 11.9. The predicted molar refractivity (Wildman–Crippen MR) is 76.7 cm³/mol. The average molecular weight is 279 g/mol. The number of amides is 1. The second-order valence-corrected chi connectivity index (χ2v) is 5.02. The Balaban J connectivity index is 1.80. The summed E-state index contributed by atoms with van der Waals surface area (Å²) in [7, 11) is 4.02. The molecule has 20 heavy (non-hydrogen) atoms. The molecule has 0 saturated carbocycles. The van der Waals surface area contributed by atoms with Crippen LogP contribution in [0.15, 0.2) is 12.1 Å². The molecule has 1 aromatic rings. The Morgan fingerprint density at radius 1 is 1.40 bits per heavy atom. The molecule has 1 aromatic heterocycles. The largest absolute Gasteiger partial charge is 0.368 e. The molecular formula is C13H21N5O2. The molecule has 1 aliphatic rings. The minimum atomic E-state index is -0.352. The molecule has 1 amide bonds. The summed E-state index contributed by atoms with van der Waals surface area (Å²) < 4.78 is 5.31. The molecule has 1 unspecified atom stereocenters. The molecule has 0 spiro atoms. The van der Waals surface area contributed by atoms with Crippen LogP contribution in [0.4, 0.5) is 11.6 Å². The number of hydrogen-bond acceptors (Lipinski definition) is 6. The van der Waals surface area contributed by atoms with Crippen molar-refractivity contribution < 1.29 is 9.53 Å². The van der Waals surface area contributed by atoms with Crippen molar-refractivity contribution in [3.8, 4) is 0 Å². The van der Waals surface area contributed by atoms with Crippen molar-refractivity contribution in [2.75, 3.05) is 44.4 Å². The Kier molecular flexibility index (Phi) is 5.25. The molecule has 110 valence electrons. The monoisotopic (exact) mass is 279 g/mol. The molecule has 7 heteroatoms. The molecule has 7 nitrogen and oxygen atoms in total. The van der Waals surface area contributed by atoms with Crippen molar-refractivity contribution >= 4 is 17.5 Å². The van der Waals surface area contributed by atoms with Gasteiger partial charge >= 0.3 is 0 Å². The SMILES string of the molecule is CN(C)CCNc1ccc(NC(=O)C2CCCO2)nn1. The van der Waals surface area contributed by atoms with E-state index in [1.54, 1.807) is 12.1 Å². The fourth-order valence-electron chi connectivity index (χ4n) is 1.89. The highest BCUT2D eigenvalue weighted by Crippen LogP contribution is 2.14. The highest BCUT2D eigenvalue weighted by Gasteiger charge is 2.23. The zero-order chi connectivity index (χ0) is 14.4. The molecule has 2 heterocycles. The van der Waals surface area contributed by atoms with Crippen LogP contribution in [-0.2, 0) is 9.53 Å². The van der Waals surface area contributed by atoms with Gasteiger partial charge in [0.25, 0.3) is 5.91 Å². The van der Waals surface area contributed by atoms with Gasteiger partial charge in [-0.2, -0.15) is 0 Å². The van der Waals surface area contributed by atoms with Crippen LogP contribution in [0.2, 0.25) is 0 Å². The molecule has 0 bridgehead atoms. The van der Waals surface area contributed by atoms with Crippen LogP contribution in [0.1, 0.15) is 12.8 Å². The molecule has 1 atom stereocenters. The van der Waals surface area contributed by atoms with E-state index in [4.69, 9.17) is 4.74 Å². The van der Waals surface area contributed by atoms with Crippen molar-refractivity contribution in [1.82, 2.24) is 15.1 Å². The van der Waals surface area contributed by atoms with Gasteiger partial charge in [-0.1, -0.05) is 0 Å². The number of rotatable bonds is 6. The Hall–Kier alpha value is -1.73. The maximum absolute atomic E-state index is 11.8. The van der Waals surface area contributed by atoms with Gasteiger partial charge in [-0.3, -0.25) is 4.79 Å². The van der Waals surface area contributed by atoms with Gasteiger partial charge in [0.15, 0.2) is 5.82 Å². The Bertz CT molecular complexity index is 429. The lowest BCUT2D eigenvalue weighted by Gasteiger charge is -2.11. The van der Waals surface area contributed by atoms with Gasteiger partial charge < -0.3 is 20.3 Å². The first-order chi connectivity index (χ1) is 9.65. The molecule has 2 N–H and O–H groups in total. The topological polar surface area (TPSA) is 79.4 Å². The predicted octanol–water partition coefficient (Wildman–Crippen LogP) is 0.568. The molecule has 0 radical (unpaired) electrons. The lowest BCUT2D eigenvalue weighted by atomic mass is 10.2. The number of aromatic nitrogens is 2. The normalized spacial score (nSPS) is 18.2. The number of hydrogen-bond donors (Lipinski definition) is 2. The van der Waals surface area contributed by atoms with Gasteiger partial charge in [0.2, 0.25) is 0 Å². The van der Waals surface area contributed by atoms with E-state index in [2.05, 4.69) is 25.7 Å². The van der Waals surface area contributed by atoms with Crippen molar-refractivity contribution in [2.45, 2.75) is 18.9 Å². The summed E-state index contributed by atoms with van der Waals surface area (Å²) in [6.45, 7) is 2.36. The van der Waals surface area contributed by atoms with Gasteiger partial charge in [-0.05, 0) is 39.1 Å². The van der Waals surface area contributed by atoms with E-state index in [1.165, 1.54) is 0 Å². The van der Waals surface area contributed by atoms with Gasteiger partial charge in [0.05, 0.1) is 0 Å². The lowest BCUT2D eigenvalue weighted by molar-refractivity contribution is -0.124. The van der Waals surface area contributed by atoms with Gasteiger partial charge in [0, 0.05) is 19.7 Å². The quantitative estimate of drug-likeness (QED) is 0.792. The third kappa shape index (κ3) is 4.43. The summed E-state index contributed by atoms with van der Waals surface area (Å²) in [4.78, 5) is 13.9. The summed E-state index contributed by atoms with van der Waals surface area (Å²) in [5.74, 6) is 0.996. The number of carbonyl (C=O) groups excluding carboxylic acids is 1. The smallest absolute Gasteiger partial charge is 0.254 e. The fourth-order valence-corrected chi connectivity index (χ4v) is 1.89. The van der Waals surface area contributed by atoms with Gasteiger partial charge in [-0.25, -0.2) is 0 Å². The molecular weight excluding hydrogens is 258 g/mol. The van der Waals surface area contributed by atoms with E-state index in [1.807, 2.05) is 14.1 Å². The van der Waals surface area contributed by atoms with Crippen LogP contribution >= 0.6 is 0 Å². The van der Waals surface area contributed by atoms with E-state index >= 15 is 0 Å². The van der Waals surface area contributed by atoms with E-state index in [9.17, 15) is 4.79 Å². The second-order valence-electron chi connectivity index (χ2n) is 5.02. The Morgan fingerprint density at radius 3 is 2.75 bits per heavy atom. The first kappa shape index (κ1) is 14.7. The van der Waals surface area contributed by atoms with Crippen LogP contribution in [0.25, 0.3) is 0 Å². The van der Waals surface area contributed by atoms with Crippen molar-refractivity contribution in [1.29, 1.82) is 0 Å². The maximum atomic E-state index is 11.8. The van der Waals surface area contributed by atoms with E-state index < -0.39 is 0 Å². The van der Waals surface area contributed by atoms with Crippen LogP contribution in [-0.4, -0.2) is 60.9 Å². The number of nitrogens with one attached hydrogen (secondary N) is 2. The molecule has 0 aliphatic carbocycles. The third-order valence-corrected chi connectivity index (χ3v) is 3.00. The summed E-state index contributed by atoms with van der Waals surface area (Å²) >= 11 is 0. The minimum absolute atomic E-state index is 0.148. The van der Waals surface area contributed by atoms with Crippen molar-refractivity contribution in [3.63, 3.8) is 0 Å². The maximum Gasteiger partial charge on any atom is 0.254 e. The molecule has 1 aliphatic heterocycles. The van der Waals surface area contributed by atoms with Gasteiger partial charge in [-0.15, -0.1) is 10.2 Å². The molecule has 2 rings (SSSR count). The molecule has 0 aromatic carbocycles. The number of anilines is 2. The highest BCUT2D eigenvalue weighted by molar-refractivity contribution is 5.93. The van der Waals surface area contributed by atoms with Crippen molar-refractivity contribution in [2.24, 2.45) is 0 Å². The lowest BCUT2D eigenvalue weighted by Crippen LogP contribution is -2.27. The number of nitrogens with zero attached hydrogens (tertiary/aromatic N) is 3. The summed E-state index contributed by atoms with van der Waals surface area (Å²) in [6, 6.07) is 3.53. The van der Waals surface area contributed by atoms with Gasteiger partial charge in [0.1, 0.15) is 11.9 Å². The molecule has 1 fully saturated rings. The van der Waals surface area contributed by atoms with Crippen LogP contribution < -0.4 is 10.6 Å². The first-order valence-electron chi connectivity index (χ1n) is 6.80. The van der Waals surface area contributed by atoms with E-state index in [0.717, 1.165) is 25.9 Å². The second kappa shape index (κ2) is 7.16. The Labute approximate surface area is 118 Å². The van der Waals surface area contributed by atoms with Crippen LogP contribution in [0.5, 0.6) is 0 Å². The number of carbonyl (C=O) groups is 1. The number of ether oxygens (including phenoxy) is 1. The van der Waals surface area contributed by atoms with E-state index in [-0.39, 0.29) is 12.0 Å². The Morgan fingerprint density at radius 2 is 2.15 bits per heavy atom. The third-order valence-electron chi connectivity index (χ3n) is 3.00. The first-order valence-corrected chi connectivity index (χ1v) is 6.80. The number of likely N-dealkylation sites (N-methyl/N-ethyl adjacent to an activating group) is 1. The van der Waals surface area contributed by atoms with E-state index in [0.29, 0.717) is 18.2 Å². The fraction of sp³-hybridized carbons (Fsp3) is 0.615. The minimum Gasteiger partial charge on any atom is -0.368 e. The zero-order valence-corrected chi connectivity index (χ0v) is 11.9. The van der Waals surface area contributed by atoms with Crippen LogP contribution in [0, 0.1) is 0 Å². The summed E-state index contributed by atoms with van der Waals surface area (Å²) in [5, 5.41) is 13.9. The summed E-state index contributed by atoms with van der Waals surface area (Å²) in [5.41, 5.74) is 0. The van der Waals surface area contributed by atoms with Crippen LogP contribution in [0.3, 0.4) is 0 Å².